The Kier molecular flexibility index (Phi) is 3.73. The number of rotatable bonds is 3. The molecule has 1 unspecified atom stereocenters. The van der Waals surface area contributed by atoms with Gasteiger partial charge < -0.3 is 15.7 Å². The van der Waals surface area contributed by atoms with Gasteiger partial charge in [0.05, 0.1) is 0 Å². The third kappa shape index (κ3) is 2.67. The van der Waals surface area contributed by atoms with Gasteiger partial charge in [-0.05, 0) is 42.5 Å². The summed E-state index contributed by atoms with van der Waals surface area (Å²) < 4.78 is 6.10. The van der Waals surface area contributed by atoms with Gasteiger partial charge in [0.1, 0.15) is 11.9 Å². The highest BCUT2D eigenvalue weighted by Crippen LogP contribution is 2.34. The number of aryl methyl sites for hydroxylation is 1. The summed E-state index contributed by atoms with van der Waals surface area (Å²) in [7, 11) is 0. The molecule has 5 nitrogen and oxygen atoms in total. The van der Waals surface area contributed by atoms with Gasteiger partial charge in [-0.2, -0.15) is 0 Å². The number of amidine groups is 1. The van der Waals surface area contributed by atoms with E-state index in [4.69, 9.17) is 15.7 Å². The van der Waals surface area contributed by atoms with Crippen molar-refractivity contribution in [3.63, 3.8) is 0 Å². The first-order valence-electron chi connectivity index (χ1n) is 6.97. The Morgan fingerprint density at radius 1 is 1.29 bits per heavy atom. The van der Waals surface area contributed by atoms with Crippen molar-refractivity contribution in [2.24, 2.45) is 10.9 Å². The van der Waals surface area contributed by atoms with Crippen molar-refractivity contribution >= 4 is 5.84 Å². The molecule has 1 heterocycles. The number of benzene rings is 1. The van der Waals surface area contributed by atoms with E-state index < -0.39 is 0 Å². The van der Waals surface area contributed by atoms with E-state index in [1.54, 1.807) is 18.3 Å². The zero-order valence-corrected chi connectivity index (χ0v) is 11.6. The highest BCUT2D eigenvalue weighted by atomic mass is 16.5. The predicted molar refractivity (Wildman–Crippen MR) is 79.5 cm³/mol. The van der Waals surface area contributed by atoms with Gasteiger partial charge in [0.25, 0.3) is 0 Å². The van der Waals surface area contributed by atoms with Crippen LogP contribution in [0, 0.1) is 0 Å². The Morgan fingerprint density at radius 2 is 2.14 bits per heavy atom. The van der Waals surface area contributed by atoms with Crippen LogP contribution in [-0.4, -0.2) is 16.0 Å². The van der Waals surface area contributed by atoms with E-state index in [1.807, 2.05) is 12.1 Å². The molecule has 0 aliphatic heterocycles. The molecular weight excluding hydrogens is 266 g/mol. The Balaban J connectivity index is 1.92. The summed E-state index contributed by atoms with van der Waals surface area (Å²) in [5, 5.41) is 11.9. The zero-order chi connectivity index (χ0) is 14.7. The maximum atomic E-state index is 8.84. The number of hydrogen-bond donors (Lipinski definition) is 2. The Morgan fingerprint density at radius 3 is 3.00 bits per heavy atom. The molecule has 3 N–H and O–H groups in total. The summed E-state index contributed by atoms with van der Waals surface area (Å²) in [6.07, 6.45) is 4.68. The van der Waals surface area contributed by atoms with Gasteiger partial charge in [0.2, 0.25) is 0 Å². The van der Waals surface area contributed by atoms with Crippen LogP contribution in [0.25, 0.3) is 0 Å². The summed E-state index contributed by atoms with van der Waals surface area (Å²) in [6.45, 7) is 0. The van der Waals surface area contributed by atoms with Crippen molar-refractivity contribution in [2.45, 2.75) is 25.4 Å². The minimum atomic E-state index is -0.0466. The first-order valence-corrected chi connectivity index (χ1v) is 6.97. The van der Waals surface area contributed by atoms with E-state index in [9.17, 15) is 0 Å². The van der Waals surface area contributed by atoms with E-state index in [-0.39, 0.29) is 11.9 Å². The molecule has 1 atom stereocenters. The molecule has 1 aromatic heterocycles. The second-order valence-electron chi connectivity index (χ2n) is 5.03. The summed E-state index contributed by atoms with van der Waals surface area (Å²) in [4.78, 5) is 4.13. The number of aromatic nitrogens is 1. The van der Waals surface area contributed by atoms with Crippen LogP contribution in [0.1, 0.15) is 35.8 Å². The van der Waals surface area contributed by atoms with Gasteiger partial charge in [-0.1, -0.05) is 29.4 Å². The van der Waals surface area contributed by atoms with Crippen LogP contribution >= 0.6 is 0 Å². The Bertz CT molecular complexity index is 670. The monoisotopic (exact) mass is 283 g/mol. The minimum absolute atomic E-state index is 0.0237. The summed E-state index contributed by atoms with van der Waals surface area (Å²) in [6, 6.07) is 11.9. The maximum absolute atomic E-state index is 8.84. The molecule has 0 bridgehead atoms. The van der Waals surface area contributed by atoms with Gasteiger partial charge >= 0.3 is 0 Å². The SMILES string of the molecule is N/C(=N/O)c1ncccc1OC1CCCc2ccccc21. The molecule has 5 heteroatoms. The Hall–Kier alpha value is -2.56. The fraction of sp³-hybridized carbons (Fsp3) is 0.250. The fourth-order valence-corrected chi connectivity index (χ4v) is 2.71. The largest absolute Gasteiger partial charge is 0.483 e. The van der Waals surface area contributed by atoms with Crippen LogP contribution in [0.4, 0.5) is 0 Å². The van der Waals surface area contributed by atoms with Crippen LogP contribution in [0.5, 0.6) is 5.75 Å². The molecule has 1 aliphatic rings. The second-order valence-corrected chi connectivity index (χ2v) is 5.03. The van der Waals surface area contributed by atoms with Crippen LogP contribution in [-0.2, 0) is 6.42 Å². The van der Waals surface area contributed by atoms with Crippen LogP contribution in [0.3, 0.4) is 0 Å². The minimum Gasteiger partial charge on any atom is -0.483 e. The lowest BCUT2D eigenvalue weighted by Crippen LogP contribution is -2.20. The van der Waals surface area contributed by atoms with Crippen molar-refractivity contribution in [3.05, 3.63) is 59.4 Å². The molecule has 0 amide bonds. The van der Waals surface area contributed by atoms with E-state index in [2.05, 4.69) is 22.3 Å². The lowest BCUT2D eigenvalue weighted by Gasteiger charge is -2.26. The van der Waals surface area contributed by atoms with E-state index in [1.165, 1.54) is 11.1 Å². The molecule has 0 spiro atoms. The number of fused-ring (bicyclic) bond motifs is 1. The van der Waals surface area contributed by atoms with E-state index >= 15 is 0 Å². The fourth-order valence-electron chi connectivity index (χ4n) is 2.71. The normalized spacial score (nSPS) is 18.1. The third-order valence-electron chi connectivity index (χ3n) is 3.70. The van der Waals surface area contributed by atoms with Gasteiger partial charge in [-0.25, -0.2) is 4.98 Å². The lowest BCUT2D eigenvalue weighted by atomic mass is 9.89. The number of ether oxygens (including phenoxy) is 1. The number of nitrogens with zero attached hydrogens (tertiary/aromatic N) is 2. The molecule has 0 fully saturated rings. The molecule has 108 valence electrons. The first-order chi connectivity index (χ1) is 10.3. The van der Waals surface area contributed by atoms with Gasteiger partial charge in [0.15, 0.2) is 11.5 Å². The quantitative estimate of drug-likeness (QED) is 0.393. The number of nitrogens with two attached hydrogens (primary N) is 1. The molecule has 2 aromatic rings. The lowest BCUT2D eigenvalue weighted by molar-refractivity contribution is 0.182. The average Bonchev–Trinajstić information content (AvgIpc) is 2.55. The van der Waals surface area contributed by atoms with Gasteiger partial charge in [0, 0.05) is 6.20 Å². The van der Waals surface area contributed by atoms with Crippen molar-refractivity contribution in [1.82, 2.24) is 4.98 Å². The topological polar surface area (TPSA) is 80.7 Å². The number of oxime groups is 1. The van der Waals surface area contributed by atoms with E-state index in [0.29, 0.717) is 11.4 Å². The molecular formula is C16H17N3O2. The Labute approximate surface area is 123 Å². The van der Waals surface area contributed by atoms with Crippen LogP contribution < -0.4 is 10.5 Å². The van der Waals surface area contributed by atoms with Crippen molar-refractivity contribution < 1.29 is 9.94 Å². The van der Waals surface area contributed by atoms with Crippen LogP contribution in [0.15, 0.2) is 47.8 Å². The van der Waals surface area contributed by atoms with Gasteiger partial charge in [-0.15, -0.1) is 0 Å². The van der Waals surface area contributed by atoms with E-state index in [0.717, 1.165) is 19.3 Å². The second kappa shape index (κ2) is 5.83. The van der Waals surface area contributed by atoms with Crippen molar-refractivity contribution in [2.75, 3.05) is 0 Å². The smallest absolute Gasteiger partial charge is 0.192 e. The molecule has 3 rings (SSSR count). The molecule has 1 aromatic carbocycles. The molecule has 0 saturated heterocycles. The standard InChI is InChI=1S/C16H17N3O2/c17-16(19-20)15-14(9-4-10-18-15)21-13-8-3-6-11-5-1-2-7-12(11)13/h1-2,4-5,7,9-10,13,20H,3,6,8H2,(H2,17,19). The summed E-state index contributed by atoms with van der Waals surface area (Å²) in [5.74, 6) is 0.490. The molecule has 0 radical (unpaired) electrons. The summed E-state index contributed by atoms with van der Waals surface area (Å²) >= 11 is 0. The molecule has 21 heavy (non-hydrogen) atoms. The van der Waals surface area contributed by atoms with Crippen molar-refractivity contribution in [1.29, 1.82) is 0 Å². The van der Waals surface area contributed by atoms with Gasteiger partial charge in [-0.3, -0.25) is 0 Å². The first kappa shape index (κ1) is 13.4. The molecule has 0 saturated carbocycles. The third-order valence-corrected chi connectivity index (χ3v) is 3.70. The summed E-state index contributed by atoms with van der Waals surface area (Å²) in [5.41, 5.74) is 8.55. The highest BCUT2D eigenvalue weighted by molar-refractivity contribution is 5.97. The van der Waals surface area contributed by atoms with Crippen molar-refractivity contribution in [3.8, 4) is 5.75 Å². The average molecular weight is 283 g/mol. The number of hydrogen-bond acceptors (Lipinski definition) is 4. The highest BCUT2D eigenvalue weighted by Gasteiger charge is 2.23. The zero-order valence-electron chi connectivity index (χ0n) is 11.6. The molecule has 1 aliphatic carbocycles. The number of pyridine rings is 1. The predicted octanol–water partition coefficient (Wildman–Crippen LogP) is 2.63. The maximum Gasteiger partial charge on any atom is 0.192 e. The van der Waals surface area contributed by atoms with Crippen LogP contribution in [0.2, 0.25) is 0 Å².